The van der Waals surface area contributed by atoms with Crippen LogP contribution in [0.1, 0.15) is 22.7 Å². The van der Waals surface area contributed by atoms with Crippen LogP contribution in [0.4, 0.5) is 4.39 Å². The van der Waals surface area contributed by atoms with Gasteiger partial charge < -0.3 is 18.6 Å². The van der Waals surface area contributed by atoms with Crippen molar-refractivity contribution >= 4 is 5.91 Å². The van der Waals surface area contributed by atoms with E-state index in [9.17, 15) is 9.18 Å². The molecule has 3 aromatic heterocycles. The van der Waals surface area contributed by atoms with E-state index in [0.29, 0.717) is 31.9 Å². The van der Waals surface area contributed by atoms with E-state index in [1.54, 1.807) is 17.0 Å². The second-order valence-electron chi connectivity index (χ2n) is 6.61. The van der Waals surface area contributed by atoms with Gasteiger partial charge in [0.2, 0.25) is 5.88 Å². The zero-order chi connectivity index (χ0) is 18.6. The number of carbonyl (C=O) groups excluding carboxylic acids is 1. The van der Waals surface area contributed by atoms with Crippen LogP contribution in [-0.2, 0) is 13.1 Å². The molecule has 6 nitrogen and oxygen atoms in total. The first-order valence-corrected chi connectivity index (χ1v) is 8.91. The third-order valence-corrected chi connectivity index (χ3v) is 4.72. The van der Waals surface area contributed by atoms with Crippen LogP contribution >= 0.6 is 0 Å². The molecule has 0 aliphatic carbocycles. The minimum absolute atomic E-state index is 0.0105. The van der Waals surface area contributed by atoms with Gasteiger partial charge in [-0.15, -0.1) is 0 Å². The molecule has 27 heavy (non-hydrogen) atoms. The maximum absolute atomic E-state index is 13.6. The van der Waals surface area contributed by atoms with Crippen molar-refractivity contribution in [1.82, 2.24) is 14.5 Å². The van der Waals surface area contributed by atoms with Crippen LogP contribution in [0.3, 0.4) is 0 Å². The normalized spacial score (nSPS) is 16.6. The lowest BCUT2D eigenvalue weighted by Crippen LogP contribution is -2.34. The summed E-state index contributed by atoms with van der Waals surface area (Å²) >= 11 is 0. The molecule has 4 rings (SSSR count). The average Bonchev–Trinajstić information content (AvgIpc) is 3.32. The van der Waals surface area contributed by atoms with E-state index in [0.717, 1.165) is 12.2 Å². The summed E-state index contributed by atoms with van der Waals surface area (Å²) < 4.78 is 26.6. The number of halogens is 1. The number of hydrogen-bond donors (Lipinski definition) is 0. The Bertz CT molecular complexity index is 907. The van der Waals surface area contributed by atoms with Crippen LogP contribution in [-0.4, -0.2) is 33.5 Å². The van der Waals surface area contributed by atoms with Gasteiger partial charge in [-0.3, -0.25) is 4.79 Å². The zero-order valence-electron chi connectivity index (χ0n) is 14.8. The third-order valence-electron chi connectivity index (χ3n) is 4.72. The van der Waals surface area contributed by atoms with Crippen molar-refractivity contribution < 1.29 is 18.3 Å². The predicted molar refractivity (Wildman–Crippen MR) is 95.7 cm³/mol. The van der Waals surface area contributed by atoms with Gasteiger partial charge in [-0.05, 0) is 48.7 Å². The number of furan rings is 1. The van der Waals surface area contributed by atoms with Gasteiger partial charge in [-0.1, -0.05) is 0 Å². The molecule has 0 aromatic carbocycles. The third kappa shape index (κ3) is 3.86. The lowest BCUT2D eigenvalue weighted by atomic mass is 10.1. The maximum Gasteiger partial charge on any atom is 0.289 e. The van der Waals surface area contributed by atoms with Crippen molar-refractivity contribution in [3.63, 3.8) is 0 Å². The van der Waals surface area contributed by atoms with Crippen molar-refractivity contribution in [1.29, 1.82) is 0 Å². The van der Waals surface area contributed by atoms with Crippen molar-refractivity contribution in [3.05, 3.63) is 72.3 Å². The summed E-state index contributed by atoms with van der Waals surface area (Å²) in [5.41, 5.74) is 1.08. The van der Waals surface area contributed by atoms with Crippen LogP contribution in [0.25, 0.3) is 0 Å². The van der Waals surface area contributed by atoms with E-state index in [2.05, 4.69) is 9.55 Å². The first kappa shape index (κ1) is 17.3. The molecule has 0 radical (unpaired) electrons. The van der Waals surface area contributed by atoms with E-state index in [1.807, 2.05) is 18.3 Å². The highest BCUT2D eigenvalue weighted by molar-refractivity contribution is 5.91. The zero-order valence-corrected chi connectivity index (χ0v) is 14.8. The molecule has 1 unspecified atom stereocenters. The minimum atomic E-state index is -0.472. The number of fused-ring (bicyclic) bond motifs is 1. The van der Waals surface area contributed by atoms with Crippen molar-refractivity contribution in [2.75, 3.05) is 13.2 Å². The average molecular weight is 369 g/mol. The van der Waals surface area contributed by atoms with Crippen LogP contribution in [0, 0.1) is 11.7 Å². The molecule has 0 N–H and O–H groups in total. The van der Waals surface area contributed by atoms with Gasteiger partial charge in [0, 0.05) is 31.2 Å². The monoisotopic (exact) mass is 369 g/mol. The highest BCUT2D eigenvalue weighted by Crippen LogP contribution is 2.22. The SMILES string of the molecule is O=C(c1ccco1)N1Cc2cccn2CC(CCOc2ncccc2F)C1. The molecule has 3 aromatic rings. The van der Waals surface area contributed by atoms with E-state index >= 15 is 0 Å². The molecule has 0 fully saturated rings. The van der Waals surface area contributed by atoms with E-state index in [-0.39, 0.29) is 17.7 Å². The van der Waals surface area contributed by atoms with Crippen LogP contribution < -0.4 is 4.74 Å². The predicted octanol–water partition coefficient (Wildman–Crippen LogP) is 3.36. The van der Waals surface area contributed by atoms with Gasteiger partial charge in [-0.25, -0.2) is 9.37 Å². The number of aromatic nitrogens is 2. The highest BCUT2D eigenvalue weighted by atomic mass is 19.1. The molecule has 4 heterocycles. The molecule has 0 bridgehead atoms. The Morgan fingerprint density at radius 2 is 2.19 bits per heavy atom. The van der Waals surface area contributed by atoms with Gasteiger partial charge in [-0.2, -0.15) is 0 Å². The number of ether oxygens (including phenoxy) is 1. The maximum atomic E-state index is 13.6. The molecule has 140 valence electrons. The number of rotatable bonds is 5. The molecular weight excluding hydrogens is 349 g/mol. The lowest BCUT2D eigenvalue weighted by Gasteiger charge is -2.23. The quantitative estimate of drug-likeness (QED) is 0.692. The van der Waals surface area contributed by atoms with Crippen LogP contribution in [0.2, 0.25) is 0 Å². The summed E-state index contributed by atoms with van der Waals surface area (Å²) in [6.45, 7) is 2.21. The molecule has 1 aliphatic heterocycles. The Morgan fingerprint density at radius 1 is 1.26 bits per heavy atom. The summed E-state index contributed by atoms with van der Waals surface area (Å²) in [4.78, 5) is 18.5. The van der Waals surface area contributed by atoms with E-state index < -0.39 is 5.82 Å². The lowest BCUT2D eigenvalue weighted by molar-refractivity contribution is 0.0680. The van der Waals surface area contributed by atoms with Gasteiger partial charge in [0.15, 0.2) is 11.6 Å². The molecule has 0 saturated carbocycles. The minimum Gasteiger partial charge on any atom is -0.476 e. The molecular formula is C20H20FN3O3. The number of amides is 1. The van der Waals surface area contributed by atoms with E-state index in [1.165, 1.54) is 24.6 Å². The fourth-order valence-electron chi connectivity index (χ4n) is 3.37. The fraction of sp³-hybridized carbons (Fsp3) is 0.300. The molecule has 0 spiro atoms. The summed E-state index contributed by atoms with van der Waals surface area (Å²) in [6.07, 6.45) is 5.69. The fourth-order valence-corrected chi connectivity index (χ4v) is 3.37. The van der Waals surface area contributed by atoms with Crippen LogP contribution in [0.5, 0.6) is 5.88 Å². The van der Waals surface area contributed by atoms with E-state index in [4.69, 9.17) is 9.15 Å². The Morgan fingerprint density at radius 3 is 3.00 bits per heavy atom. The van der Waals surface area contributed by atoms with Gasteiger partial charge in [0.1, 0.15) is 0 Å². The summed E-state index contributed by atoms with van der Waals surface area (Å²) in [5, 5.41) is 0. The number of pyridine rings is 1. The summed E-state index contributed by atoms with van der Waals surface area (Å²) in [5.74, 6) is -0.0850. The summed E-state index contributed by atoms with van der Waals surface area (Å²) in [6, 6.07) is 10.2. The molecule has 7 heteroatoms. The smallest absolute Gasteiger partial charge is 0.289 e. The Labute approximate surface area is 156 Å². The highest BCUT2D eigenvalue weighted by Gasteiger charge is 2.27. The molecule has 1 amide bonds. The molecule has 1 aliphatic rings. The Kier molecular flexibility index (Phi) is 4.91. The second-order valence-corrected chi connectivity index (χ2v) is 6.61. The number of nitrogens with zero attached hydrogens (tertiary/aromatic N) is 3. The van der Waals surface area contributed by atoms with Crippen LogP contribution in [0.15, 0.2) is 59.5 Å². The first-order chi connectivity index (χ1) is 13.2. The van der Waals surface area contributed by atoms with Crippen molar-refractivity contribution in [3.8, 4) is 5.88 Å². The number of carbonyl (C=O) groups is 1. The van der Waals surface area contributed by atoms with Gasteiger partial charge in [0.25, 0.3) is 5.91 Å². The topological polar surface area (TPSA) is 60.5 Å². The van der Waals surface area contributed by atoms with Crippen molar-refractivity contribution in [2.45, 2.75) is 19.5 Å². The first-order valence-electron chi connectivity index (χ1n) is 8.91. The number of hydrogen-bond acceptors (Lipinski definition) is 4. The standard InChI is InChI=1S/C20H20FN3O3/c21-17-5-1-8-22-19(17)27-11-7-15-12-23-9-2-4-16(23)14-24(13-15)20(25)18-6-3-10-26-18/h1-6,8-10,15H,7,11-14H2. The largest absolute Gasteiger partial charge is 0.476 e. The Balaban J connectivity index is 1.45. The summed E-state index contributed by atoms with van der Waals surface area (Å²) in [7, 11) is 0. The Hall–Kier alpha value is -3.09. The van der Waals surface area contributed by atoms with Crippen molar-refractivity contribution in [2.24, 2.45) is 5.92 Å². The molecule has 0 saturated heterocycles. The van der Waals surface area contributed by atoms with Gasteiger partial charge in [0.05, 0.1) is 19.4 Å². The van der Waals surface area contributed by atoms with Gasteiger partial charge >= 0.3 is 0 Å². The second kappa shape index (κ2) is 7.65. The molecule has 1 atom stereocenters.